The van der Waals surface area contributed by atoms with Crippen molar-refractivity contribution in [3.05, 3.63) is 10.4 Å². The van der Waals surface area contributed by atoms with E-state index in [1.807, 2.05) is 10.8 Å². The molecule has 0 bridgehead atoms. The minimum atomic E-state index is -1.18. The Balaban J connectivity index is 3.49. The first-order valence-corrected chi connectivity index (χ1v) is 5.04. The summed E-state index contributed by atoms with van der Waals surface area (Å²) in [5.74, 6) is -2.47. The predicted molar refractivity (Wildman–Crippen MR) is 59.6 cm³/mol. The molecule has 0 fully saturated rings. The smallest absolute Gasteiger partial charge is 0.322 e. The van der Waals surface area contributed by atoms with Crippen molar-refractivity contribution in [1.29, 1.82) is 0 Å². The number of carbonyl (C=O) groups is 3. The maximum Gasteiger partial charge on any atom is 0.322 e. The van der Waals surface area contributed by atoms with E-state index < -0.39 is 37.5 Å². The summed E-state index contributed by atoms with van der Waals surface area (Å²) in [7, 11) is 0. The number of hydroxylamine groups is 1. The molecule has 0 heterocycles. The number of amides is 2. The monoisotopic (exact) mass is 275 g/mol. The number of nitrogens with zero attached hydrogens (tertiary/aromatic N) is 3. The van der Waals surface area contributed by atoms with Gasteiger partial charge in [0.1, 0.15) is 19.8 Å². The number of carbonyl (C=O) groups excluding carboxylic acids is 2. The summed E-state index contributed by atoms with van der Waals surface area (Å²) in [4.78, 5) is 39.2. The second-order valence-electron chi connectivity index (χ2n) is 2.99. The van der Waals surface area contributed by atoms with Gasteiger partial charge in [-0.2, -0.15) is 0 Å². The largest absolute Gasteiger partial charge is 0.480 e. The molecule has 0 atom stereocenters. The highest BCUT2D eigenvalue weighted by molar-refractivity contribution is 5.82. The molecule has 11 nitrogen and oxygen atoms in total. The van der Waals surface area contributed by atoms with E-state index >= 15 is 0 Å². The lowest BCUT2D eigenvalue weighted by atomic mass is 10.5. The van der Waals surface area contributed by atoms with E-state index in [9.17, 15) is 14.4 Å². The Bertz CT molecular complexity index is 367. The predicted octanol–water partition coefficient (Wildman–Crippen LogP) is -1.44. The molecule has 0 radical (unpaired) electrons. The normalized spacial score (nSPS) is 9.26. The fourth-order valence-corrected chi connectivity index (χ4v) is 0.754. The van der Waals surface area contributed by atoms with Crippen LogP contribution in [-0.2, 0) is 24.0 Å². The van der Waals surface area contributed by atoms with Gasteiger partial charge in [-0.25, -0.2) is 5.48 Å². The SMILES string of the molecule is [N-]=[N+]=NCCONC(=O)COCC(=O)NCC(=O)O. The highest BCUT2D eigenvalue weighted by Crippen LogP contribution is 1.78. The van der Waals surface area contributed by atoms with E-state index in [2.05, 4.69) is 19.6 Å². The molecule has 0 unspecified atom stereocenters. The number of carboxylic acids is 1. The second kappa shape index (κ2) is 10.8. The average Bonchev–Trinajstić information content (AvgIpc) is 2.36. The number of hydrogen-bond acceptors (Lipinski definition) is 6. The van der Waals surface area contributed by atoms with Gasteiger partial charge in [0.15, 0.2) is 0 Å². The van der Waals surface area contributed by atoms with E-state index in [4.69, 9.17) is 10.6 Å². The summed E-state index contributed by atoms with van der Waals surface area (Å²) in [6.07, 6.45) is 0. The van der Waals surface area contributed by atoms with Gasteiger partial charge in [0, 0.05) is 4.91 Å². The number of rotatable bonds is 10. The van der Waals surface area contributed by atoms with Crippen LogP contribution in [0.5, 0.6) is 0 Å². The summed E-state index contributed by atoms with van der Waals surface area (Å²) in [5.41, 5.74) is 9.93. The molecule has 0 aromatic rings. The van der Waals surface area contributed by atoms with Crippen molar-refractivity contribution < 1.29 is 29.1 Å². The Labute approximate surface area is 107 Å². The lowest BCUT2D eigenvalue weighted by Gasteiger charge is -2.05. The summed E-state index contributed by atoms with van der Waals surface area (Å²) in [6.45, 7) is -1.32. The van der Waals surface area contributed by atoms with Gasteiger partial charge in [0.25, 0.3) is 5.91 Å². The van der Waals surface area contributed by atoms with Gasteiger partial charge in [-0.3, -0.25) is 19.2 Å². The molecule has 19 heavy (non-hydrogen) atoms. The van der Waals surface area contributed by atoms with Crippen molar-refractivity contribution in [2.45, 2.75) is 0 Å². The van der Waals surface area contributed by atoms with Crippen molar-refractivity contribution in [2.24, 2.45) is 5.11 Å². The molecular weight excluding hydrogens is 262 g/mol. The third-order valence-corrected chi connectivity index (χ3v) is 1.45. The average molecular weight is 275 g/mol. The van der Waals surface area contributed by atoms with Gasteiger partial charge in [-0.15, -0.1) is 0 Å². The molecule has 2 amide bonds. The van der Waals surface area contributed by atoms with Gasteiger partial charge in [-0.1, -0.05) is 5.11 Å². The summed E-state index contributed by atoms with van der Waals surface area (Å²) in [5, 5.41) is 13.5. The van der Waals surface area contributed by atoms with E-state index in [1.54, 1.807) is 0 Å². The fraction of sp³-hybridized carbons (Fsp3) is 0.625. The molecule has 11 heteroatoms. The number of aliphatic carboxylic acids is 1. The van der Waals surface area contributed by atoms with Crippen molar-refractivity contribution in [3.63, 3.8) is 0 Å². The van der Waals surface area contributed by atoms with Crippen LogP contribution in [0, 0.1) is 0 Å². The molecule has 0 aliphatic rings. The van der Waals surface area contributed by atoms with E-state index in [1.165, 1.54) is 0 Å². The molecule has 0 spiro atoms. The molecule has 0 saturated heterocycles. The summed E-state index contributed by atoms with van der Waals surface area (Å²) in [6, 6.07) is 0. The number of nitrogens with one attached hydrogen (secondary N) is 2. The van der Waals surface area contributed by atoms with Crippen molar-refractivity contribution in [2.75, 3.05) is 32.9 Å². The molecule has 3 N–H and O–H groups in total. The van der Waals surface area contributed by atoms with Gasteiger partial charge < -0.3 is 15.2 Å². The molecule has 106 valence electrons. The molecule has 0 saturated carbocycles. The van der Waals surface area contributed by atoms with Crippen molar-refractivity contribution in [1.82, 2.24) is 10.8 Å². The zero-order chi connectivity index (χ0) is 14.5. The second-order valence-corrected chi connectivity index (χ2v) is 2.99. The highest BCUT2D eigenvalue weighted by atomic mass is 16.7. The summed E-state index contributed by atoms with van der Waals surface area (Å²) < 4.78 is 4.69. The third kappa shape index (κ3) is 11.9. The lowest BCUT2D eigenvalue weighted by molar-refractivity contribution is -0.142. The maximum atomic E-state index is 11.0. The van der Waals surface area contributed by atoms with Crippen LogP contribution in [0.3, 0.4) is 0 Å². The quantitative estimate of drug-likeness (QED) is 0.145. The molecule has 0 aromatic carbocycles. The lowest BCUT2D eigenvalue weighted by Crippen LogP contribution is -2.34. The zero-order valence-electron chi connectivity index (χ0n) is 9.87. The van der Waals surface area contributed by atoms with E-state index in [-0.39, 0.29) is 13.2 Å². The fourth-order valence-electron chi connectivity index (χ4n) is 0.754. The number of ether oxygens (including phenoxy) is 1. The Morgan fingerprint density at radius 2 is 1.95 bits per heavy atom. The van der Waals surface area contributed by atoms with Crippen LogP contribution in [-0.4, -0.2) is 55.8 Å². The Morgan fingerprint density at radius 1 is 1.26 bits per heavy atom. The van der Waals surface area contributed by atoms with Crippen LogP contribution in [0.2, 0.25) is 0 Å². The Hall–Kier alpha value is -2.36. The minimum absolute atomic E-state index is 0.00883. The Kier molecular flexibility index (Phi) is 9.43. The first-order chi connectivity index (χ1) is 9.06. The van der Waals surface area contributed by atoms with Gasteiger partial charge in [0.2, 0.25) is 5.91 Å². The molecule has 0 aromatic heterocycles. The molecule has 0 aliphatic heterocycles. The highest BCUT2D eigenvalue weighted by Gasteiger charge is 2.06. The van der Waals surface area contributed by atoms with E-state index in [0.29, 0.717) is 0 Å². The number of azide groups is 1. The van der Waals surface area contributed by atoms with Gasteiger partial charge >= 0.3 is 5.97 Å². The minimum Gasteiger partial charge on any atom is -0.480 e. The van der Waals surface area contributed by atoms with Crippen LogP contribution in [0.1, 0.15) is 0 Å². The van der Waals surface area contributed by atoms with Gasteiger partial charge in [-0.05, 0) is 5.53 Å². The van der Waals surface area contributed by atoms with E-state index in [0.717, 1.165) is 0 Å². The third-order valence-electron chi connectivity index (χ3n) is 1.45. The first kappa shape index (κ1) is 16.6. The number of hydrogen-bond donors (Lipinski definition) is 3. The summed E-state index contributed by atoms with van der Waals surface area (Å²) >= 11 is 0. The van der Waals surface area contributed by atoms with Gasteiger partial charge in [0.05, 0.1) is 13.2 Å². The van der Waals surface area contributed by atoms with Crippen LogP contribution >= 0.6 is 0 Å². The molecular formula is C8H13N5O6. The first-order valence-electron chi connectivity index (χ1n) is 5.04. The number of carboxylic acid groups (broad SMARTS) is 1. The molecule has 0 rings (SSSR count). The Morgan fingerprint density at radius 3 is 2.58 bits per heavy atom. The zero-order valence-corrected chi connectivity index (χ0v) is 9.87. The standard InChI is InChI=1S/C8H13N5O6/c9-13-11-1-2-19-12-7(15)5-18-4-6(14)10-3-8(16)17/h1-5H2,(H,10,14)(H,12,15)(H,16,17). The van der Waals surface area contributed by atoms with Crippen LogP contribution in [0.25, 0.3) is 10.4 Å². The van der Waals surface area contributed by atoms with Crippen LogP contribution in [0.15, 0.2) is 5.11 Å². The topological polar surface area (TPSA) is 163 Å². The van der Waals surface area contributed by atoms with Crippen LogP contribution < -0.4 is 10.8 Å². The van der Waals surface area contributed by atoms with Crippen molar-refractivity contribution in [3.8, 4) is 0 Å². The maximum absolute atomic E-state index is 11.0. The van der Waals surface area contributed by atoms with Crippen molar-refractivity contribution >= 4 is 17.8 Å². The molecule has 0 aliphatic carbocycles. The van der Waals surface area contributed by atoms with Crippen LogP contribution in [0.4, 0.5) is 0 Å².